The maximum atomic E-state index is 12.7. The Hall–Kier alpha value is -2.62. The lowest BCUT2D eigenvalue weighted by Crippen LogP contribution is -2.43. The number of nitrogens with one attached hydrogen (secondary N) is 1. The number of hydrogen-bond donors (Lipinski definition) is 1. The molecule has 0 aliphatic carbocycles. The van der Waals surface area contributed by atoms with Crippen LogP contribution in [0, 0.1) is 5.92 Å². The van der Waals surface area contributed by atoms with Gasteiger partial charge in [0.1, 0.15) is 0 Å². The maximum absolute atomic E-state index is 12.7. The van der Waals surface area contributed by atoms with E-state index in [2.05, 4.69) is 19.2 Å². The molecule has 0 saturated heterocycles. The Morgan fingerprint density at radius 3 is 2.52 bits per heavy atom. The first-order chi connectivity index (χ1) is 12.0. The molecule has 130 valence electrons. The number of carbonyl (C=O) groups excluding carboxylic acids is 2. The van der Waals surface area contributed by atoms with E-state index in [1.54, 1.807) is 12.1 Å². The van der Waals surface area contributed by atoms with Gasteiger partial charge < -0.3 is 10.1 Å². The zero-order valence-corrected chi connectivity index (χ0v) is 14.6. The Labute approximate surface area is 148 Å². The summed E-state index contributed by atoms with van der Waals surface area (Å²) in [6, 6.07) is 17.1. The number of amides is 1. The van der Waals surface area contributed by atoms with E-state index in [9.17, 15) is 9.59 Å². The Balaban J connectivity index is 1.75. The first kappa shape index (κ1) is 17.2. The van der Waals surface area contributed by atoms with E-state index in [1.807, 2.05) is 42.5 Å². The van der Waals surface area contributed by atoms with Crippen LogP contribution in [0.3, 0.4) is 0 Å². The fourth-order valence-corrected chi connectivity index (χ4v) is 3.18. The third-order valence-corrected chi connectivity index (χ3v) is 4.41. The standard InChI is InChI=1S/C21H23NO3/c1-14(2)12-18(15-8-4-3-5-9-15)22-20(23)19-13-16-10-6-7-11-17(16)21(24)25-19/h3-11,14,18-19H,12-13H2,1-2H3,(H,22,23). The van der Waals surface area contributed by atoms with Crippen molar-refractivity contribution in [1.82, 2.24) is 5.32 Å². The Morgan fingerprint density at radius 1 is 1.12 bits per heavy atom. The molecule has 0 saturated carbocycles. The van der Waals surface area contributed by atoms with E-state index in [0.29, 0.717) is 17.9 Å². The second-order valence-electron chi connectivity index (χ2n) is 6.86. The van der Waals surface area contributed by atoms with Crippen LogP contribution in [0.25, 0.3) is 0 Å². The Bertz CT molecular complexity index is 755. The van der Waals surface area contributed by atoms with Gasteiger partial charge in [0, 0.05) is 6.42 Å². The highest BCUT2D eigenvalue weighted by Gasteiger charge is 2.32. The third kappa shape index (κ3) is 4.08. The zero-order valence-electron chi connectivity index (χ0n) is 14.6. The summed E-state index contributed by atoms with van der Waals surface area (Å²) in [5.41, 5.74) is 2.47. The molecule has 1 heterocycles. The molecular formula is C21H23NO3. The number of rotatable bonds is 5. The highest BCUT2D eigenvalue weighted by atomic mass is 16.5. The van der Waals surface area contributed by atoms with Crippen molar-refractivity contribution in [2.45, 2.75) is 38.8 Å². The van der Waals surface area contributed by atoms with Crippen molar-refractivity contribution in [1.29, 1.82) is 0 Å². The minimum absolute atomic E-state index is 0.0930. The fourth-order valence-electron chi connectivity index (χ4n) is 3.18. The molecule has 0 fully saturated rings. The number of benzene rings is 2. The Kier molecular flexibility index (Phi) is 5.17. The molecule has 1 aliphatic heterocycles. The van der Waals surface area contributed by atoms with Gasteiger partial charge in [0.25, 0.3) is 5.91 Å². The molecule has 25 heavy (non-hydrogen) atoms. The maximum Gasteiger partial charge on any atom is 0.339 e. The van der Waals surface area contributed by atoms with Crippen molar-refractivity contribution < 1.29 is 14.3 Å². The summed E-state index contributed by atoms with van der Waals surface area (Å²) in [6.45, 7) is 4.25. The molecule has 2 aromatic rings. The van der Waals surface area contributed by atoms with Crippen molar-refractivity contribution in [3.05, 3.63) is 71.3 Å². The SMILES string of the molecule is CC(C)CC(NC(=O)C1Cc2ccccc2C(=O)O1)c1ccccc1. The lowest BCUT2D eigenvalue weighted by molar-refractivity contribution is -0.131. The molecule has 0 aromatic heterocycles. The lowest BCUT2D eigenvalue weighted by Gasteiger charge is -2.27. The zero-order chi connectivity index (χ0) is 17.8. The first-order valence-electron chi connectivity index (χ1n) is 8.69. The van der Waals surface area contributed by atoms with E-state index in [4.69, 9.17) is 4.74 Å². The van der Waals surface area contributed by atoms with Crippen molar-refractivity contribution >= 4 is 11.9 Å². The number of ether oxygens (including phenoxy) is 1. The predicted molar refractivity (Wildman–Crippen MR) is 96.1 cm³/mol. The van der Waals surface area contributed by atoms with Crippen LogP contribution in [-0.4, -0.2) is 18.0 Å². The molecule has 0 radical (unpaired) electrons. The summed E-state index contributed by atoms with van der Waals surface area (Å²) in [5, 5.41) is 3.07. The van der Waals surface area contributed by atoms with Crippen LogP contribution in [0.1, 0.15) is 47.8 Å². The smallest absolute Gasteiger partial charge is 0.339 e. The molecule has 1 aliphatic rings. The van der Waals surface area contributed by atoms with Gasteiger partial charge in [-0.15, -0.1) is 0 Å². The molecule has 3 rings (SSSR count). The fraction of sp³-hybridized carbons (Fsp3) is 0.333. The van der Waals surface area contributed by atoms with E-state index < -0.39 is 12.1 Å². The molecule has 1 amide bonds. The molecule has 4 nitrogen and oxygen atoms in total. The summed E-state index contributed by atoms with van der Waals surface area (Å²) in [6.07, 6.45) is 0.463. The highest BCUT2D eigenvalue weighted by Crippen LogP contribution is 2.24. The first-order valence-corrected chi connectivity index (χ1v) is 8.69. The number of cyclic esters (lactones) is 1. The van der Waals surface area contributed by atoms with E-state index in [0.717, 1.165) is 17.5 Å². The van der Waals surface area contributed by atoms with Gasteiger partial charge >= 0.3 is 5.97 Å². The molecule has 2 aromatic carbocycles. The molecule has 2 unspecified atom stereocenters. The molecule has 0 bridgehead atoms. The van der Waals surface area contributed by atoms with Gasteiger partial charge in [-0.2, -0.15) is 0 Å². The van der Waals surface area contributed by atoms with Crippen molar-refractivity contribution in [3.8, 4) is 0 Å². The topological polar surface area (TPSA) is 55.4 Å². The number of carbonyl (C=O) groups is 2. The van der Waals surface area contributed by atoms with Crippen LogP contribution >= 0.6 is 0 Å². The van der Waals surface area contributed by atoms with Crippen LogP contribution in [0.4, 0.5) is 0 Å². The van der Waals surface area contributed by atoms with Crippen molar-refractivity contribution in [3.63, 3.8) is 0 Å². The normalized spacial score (nSPS) is 17.6. The van der Waals surface area contributed by atoms with Gasteiger partial charge in [0.05, 0.1) is 11.6 Å². The summed E-state index contributed by atoms with van der Waals surface area (Å²) in [4.78, 5) is 24.9. The number of esters is 1. The van der Waals surface area contributed by atoms with Gasteiger partial charge in [0.15, 0.2) is 6.10 Å². The third-order valence-electron chi connectivity index (χ3n) is 4.41. The molecule has 1 N–H and O–H groups in total. The highest BCUT2D eigenvalue weighted by molar-refractivity contribution is 5.95. The van der Waals surface area contributed by atoms with Gasteiger partial charge in [0.2, 0.25) is 0 Å². The van der Waals surface area contributed by atoms with Crippen LogP contribution in [-0.2, 0) is 16.0 Å². The van der Waals surface area contributed by atoms with E-state index >= 15 is 0 Å². The second kappa shape index (κ2) is 7.51. The lowest BCUT2D eigenvalue weighted by atomic mass is 9.95. The van der Waals surface area contributed by atoms with E-state index in [1.165, 1.54) is 0 Å². The van der Waals surface area contributed by atoms with Gasteiger partial charge in [-0.1, -0.05) is 62.4 Å². The minimum Gasteiger partial charge on any atom is -0.448 e. The quantitative estimate of drug-likeness (QED) is 0.847. The predicted octanol–water partition coefficient (Wildman–Crippen LogP) is 3.67. The van der Waals surface area contributed by atoms with Crippen LogP contribution < -0.4 is 5.32 Å². The Morgan fingerprint density at radius 2 is 1.80 bits per heavy atom. The van der Waals surface area contributed by atoms with Crippen LogP contribution in [0.15, 0.2) is 54.6 Å². The monoisotopic (exact) mass is 337 g/mol. The molecular weight excluding hydrogens is 314 g/mol. The number of hydrogen-bond acceptors (Lipinski definition) is 3. The summed E-state index contributed by atoms with van der Waals surface area (Å²) >= 11 is 0. The molecule has 2 atom stereocenters. The average Bonchev–Trinajstić information content (AvgIpc) is 2.61. The van der Waals surface area contributed by atoms with Crippen LogP contribution in [0.5, 0.6) is 0 Å². The number of fused-ring (bicyclic) bond motifs is 1. The summed E-state index contributed by atoms with van der Waals surface area (Å²) < 4.78 is 5.37. The molecule has 4 heteroatoms. The average molecular weight is 337 g/mol. The minimum atomic E-state index is -0.777. The van der Waals surface area contributed by atoms with Gasteiger partial charge in [-0.3, -0.25) is 4.79 Å². The second-order valence-corrected chi connectivity index (χ2v) is 6.86. The van der Waals surface area contributed by atoms with Crippen molar-refractivity contribution in [2.75, 3.05) is 0 Å². The van der Waals surface area contributed by atoms with E-state index in [-0.39, 0.29) is 11.9 Å². The largest absolute Gasteiger partial charge is 0.448 e. The summed E-state index contributed by atoms with van der Waals surface area (Å²) in [7, 11) is 0. The van der Waals surface area contributed by atoms with Crippen LogP contribution in [0.2, 0.25) is 0 Å². The molecule has 0 spiro atoms. The van der Waals surface area contributed by atoms with Crippen molar-refractivity contribution in [2.24, 2.45) is 5.92 Å². The van der Waals surface area contributed by atoms with Gasteiger partial charge in [-0.25, -0.2) is 4.79 Å². The summed E-state index contributed by atoms with van der Waals surface area (Å²) in [5.74, 6) is -0.236. The van der Waals surface area contributed by atoms with Gasteiger partial charge in [-0.05, 0) is 29.5 Å².